The van der Waals surface area contributed by atoms with E-state index in [1.165, 1.54) is 12.1 Å². The molecule has 3 aromatic carbocycles. The van der Waals surface area contributed by atoms with Crippen molar-refractivity contribution < 1.29 is 18.3 Å². The zero-order valence-electron chi connectivity index (χ0n) is 16.7. The summed E-state index contributed by atoms with van der Waals surface area (Å²) >= 11 is 5.82. The summed E-state index contributed by atoms with van der Waals surface area (Å²) < 4.78 is 25.1. The zero-order valence-corrected chi connectivity index (χ0v) is 18.3. The first-order valence-electron chi connectivity index (χ1n) is 9.87. The number of likely N-dealkylation sites (tertiary alicyclic amines) is 1. The van der Waals surface area contributed by atoms with Crippen molar-refractivity contribution in [3.8, 4) is 0 Å². The second-order valence-electron chi connectivity index (χ2n) is 7.96. The molecule has 0 spiro atoms. The maximum Gasteiger partial charge on any atom is 0.254 e. The van der Waals surface area contributed by atoms with E-state index in [0.29, 0.717) is 22.6 Å². The number of hydrogen-bond acceptors (Lipinski definition) is 4. The van der Waals surface area contributed by atoms with Crippen molar-refractivity contribution in [2.75, 3.05) is 13.1 Å². The lowest BCUT2D eigenvalue weighted by molar-refractivity contribution is -0.0799. The molecule has 0 radical (unpaired) electrons. The quantitative estimate of drug-likeness (QED) is 0.614. The Bertz CT molecular complexity index is 1170. The molecule has 0 aliphatic carbocycles. The monoisotopic (exact) mass is 455 g/mol. The van der Waals surface area contributed by atoms with E-state index in [1.54, 1.807) is 41.3 Å². The normalized spacial score (nSPS) is 15.4. The smallest absolute Gasteiger partial charge is 0.254 e. The number of nitrogens with zero attached hydrogens (tertiary/aromatic N) is 1. The zero-order chi connectivity index (χ0) is 22.1. The van der Waals surface area contributed by atoms with Crippen molar-refractivity contribution in [1.82, 2.24) is 4.90 Å². The second-order valence-corrected chi connectivity index (χ2v) is 10.4. The molecule has 1 aliphatic rings. The average molecular weight is 456 g/mol. The highest BCUT2D eigenvalue weighted by Crippen LogP contribution is 2.27. The van der Waals surface area contributed by atoms with Gasteiger partial charge in [-0.1, -0.05) is 54.1 Å². The van der Waals surface area contributed by atoms with Gasteiger partial charge in [-0.2, -0.15) is 0 Å². The van der Waals surface area contributed by atoms with Crippen molar-refractivity contribution in [3.05, 3.63) is 101 Å². The highest BCUT2D eigenvalue weighted by Gasteiger charge is 2.43. The Morgan fingerprint density at radius 2 is 1.52 bits per heavy atom. The van der Waals surface area contributed by atoms with E-state index in [0.717, 1.165) is 5.56 Å². The van der Waals surface area contributed by atoms with Crippen LogP contribution in [0.15, 0.2) is 83.8 Å². The molecule has 1 amide bonds. The molecule has 0 bridgehead atoms. The first kappa shape index (κ1) is 21.6. The number of sulfone groups is 1. The predicted octanol–water partition coefficient (Wildman–Crippen LogP) is 3.74. The molecule has 4 rings (SSSR count). The van der Waals surface area contributed by atoms with Gasteiger partial charge >= 0.3 is 0 Å². The van der Waals surface area contributed by atoms with Gasteiger partial charge in [0, 0.05) is 17.0 Å². The van der Waals surface area contributed by atoms with Crippen LogP contribution in [-0.2, 0) is 22.0 Å². The third-order valence-electron chi connectivity index (χ3n) is 5.36. The molecule has 3 aromatic rings. The van der Waals surface area contributed by atoms with Gasteiger partial charge in [0.25, 0.3) is 5.91 Å². The lowest BCUT2D eigenvalue weighted by atomic mass is 9.86. The van der Waals surface area contributed by atoms with E-state index in [2.05, 4.69) is 0 Å². The summed E-state index contributed by atoms with van der Waals surface area (Å²) in [5.74, 6) is -0.339. The molecule has 5 nitrogen and oxygen atoms in total. The summed E-state index contributed by atoms with van der Waals surface area (Å²) in [5.41, 5.74) is 1.18. The number of carbonyl (C=O) groups is 1. The van der Waals surface area contributed by atoms with E-state index in [4.69, 9.17) is 11.6 Å². The Morgan fingerprint density at radius 1 is 0.903 bits per heavy atom. The van der Waals surface area contributed by atoms with Gasteiger partial charge in [0.15, 0.2) is 9.84 Å². The molecule has 0 aromatic heterocycles. The van der Waals surface area contributed by atoms with Crippen LogP contribution in [0, 0.1) is 0 Å². The number of β-amino-alcohol motifs (C(OH)–C–C–N with tert-alkyl or cyclic N) is 1. The fourth-order valence-corrected chi connectivity index (χ4v) is 5.24. The number of amides is 1. The van der Waals surface area contributed by atoms with Crippen molar-refractivity contribution in [2.45, 2.75) is 22.7 Å². The van der Waals surface area contributed by atoms with Gasteiger partial charge in [-0.3, -0.25) is 4.79 Å². The third kappa shape index (κ3) is 4.98. The van der Waals surface area contributed by atoms with Gasteiger partial charge in [0.2, 0.25) is 0 Å². The van der Waals surface area contributed by atoms with E-state index >= 15 is 0 Å². The largest absolute Gasteiger partial charge is 0.386 e. The molecule has 1 N–H and O–H groups in total. The topological polar surface area (TPSA) is 74.7 Å². The van der Waals surface area contributed by atoms with Crippen LogP contribution < -0.4 is 0 Å². The SMILES string of the molecule is O=C(c1ccc(CS(=O)(=O)c2ccc(Cl)cc2)cc1)N1CC(O)(Cc2ccccc2)C1. The lowest BCUT2D eigenvalue weighted by Gasteiger charge is -2.46. The Labute approximate surface area is 186 Å². The van der Waals surface area contributed by atoms with Crippen LogP contribution in [0.2, 0.25) is 5.02 Å². The standard InChI is InChI=1S/C24H22ClNO4S/c25-21-10-12-22(13-11-21)31(29,30)15-19-6-8-20(9-7-19)23(27)26-16-24(28,17-26)14-18-4-2-1-3-5-18/h1-13,28H,14-17H2. The van der Waals surface area contributed by atoms with Crippen LogP contribution in [0.4, 0.5) is 0 Å². The van der Waals surface area contributed by atoms with E-state index in [1.807, 2.05) is 30.3 Å². The highest BCUT2D eigenvalue weighted by atomic mass is 35.5. The molecule has 0 saturated carbocycles. The van der Waals surface area contributed by atoms with Crippen LogP contribution in [0.5, 0.6) is 0 Å². The van der Waals surface area contributed by atoms with Crippen LogP contribution >= 0.6 is 11.6 Å². The molecule has 1 aliphatic heterocycles. The highest BCUT2D eigenvalue weighted by molar-refractivity contribution is 7.90. The molecule has 1 heterocycles. The van der Waals surface area contributed by atoms with Crippen molar-refractivity contribution in [2.24, 2.45) is 0 Å². The van der Waals surface area contributed by atoms with Crippen LogP contribution in [0.25, 0.3) is 0 Å². The van der Waals surface area contributed by atoms with Crippen LogP contribution in [-0.4, -0.2) is 43.0 Å². The van der Waals surface area contributed by atoms with Crippen molar-refractivity contribution in [3.63, 3.8) is 0 Å². The first-order chi connectivity index (χ1) is 14.7. The number of rotatable bonds is 6. The van der Waals surface area contributed by atoms with E-state index in [-0.39, 0.29) is 29.6 Å². The fourth-order valence-electron chi connectivity index (χ4n) is 3.77. The number of halogens is 1. The van der Waals surface area contributed by atoms with E-state index in [9.17, 15) is 18.3 Å². The van der Waals surface area contributed by atoms with Gasteiger partial charge in [0.1, 0.15) is 5.60 Å². The Kier molecular flexibility index (Phi) is 5.88. The molecule has 7 heteroatoms. The van der Waals surface area contributed by atoms with Crippen LogP contribution in [0.1, 0.15) is 21.5 Å². The summed E-state index contributed by atoms with van der Waals surface area (Å²) in [6, 6.07) is 22.3. The second kappa shape index (κ2) is 8.46. The lowest BCUT2D eigenvalue weighted by Crippen LogP contribution is -2.64. The number of benzene rings is 3. The molecular formula is C24H22ClNO4S. The van der Waals surface area contributed by atoms with E-state index < -0.39 is 15.4 Å². The molecule has 1 saturated heterocycles. The minimum Gasteiger partial charge on any atom is -0.386 e. The summed E-state index contributed by atoms with van der Waals surface area (Å²) in [7, 11) is -3.51. The summed E-state index contributed by atoms with van der Waals surface area (Å²) in [6.45, 7) is 0.543. The third-order valence-corrected chi connectivity index (χ3v) is 7.32. The Hall–Kier alpha value is -2.67. The molecular weight excluding hydrogens is 434 g/mol. The minimum absolute atomic E-state index is 0.163. The number of hydrogen-bond donors (Lipinski definition) is 1. The Balaban J connectivity index is 1.37. The maximum atomic E-state index is 12.7. The van der Waals surface area contributed by atoms with Crippen molar-refractivity contribution in [1.29, 1.82) is 0 Å². The first-order valence-corrected chi connectivity index (χ1v) is 11.9. The van der Waals surface area contributed by atoms with Gasteiger partial charge in [-0.25, -0.2) is 8.42 Å². The molecule has 0 unspecified atom stereocenters. The average Bonchev–Trinajstić information content (AvgIpc) is 2.73. The van der Waals surface area contributed by atoms with Crippen LogP contribution in [0.3, 0.4) is 0 Å². The summed E-state index contributed by atoms with van der Waals surface area (Å²) in [4.78, 5) is 14.5. The fraction of sp³-hybridized carbons (Fsp3) is 0.208. The molecule has 31 heavy (non-hydrogen) atoms. The summed E-state index contributed by atoms with van der Waals surface area (Å²) in [6.07, 6.45) is 0.499. The van der Waals surface area contributed by atoms with Gasteiger partial charge in [-0.05, 0) is 47.5 Å². The van der Waals surface area contributed by atoms with Gasteiger partial charge in [-0.15, -0.1) is 0 Å². The Morgan fingerprint density at radius 3 is 2.13 bits per heavy atom. The number of aliphatic hydroxyl groups is 1. The van der Waals surface area contributed by atoms with Crippen molar-refractivity contribution >= 4 is 27.3 Å². The molecule has 0 atom stereocenters. The minimum atomic E-state index is -3.51. The number of carbonyl (C=O) groups excluding carboxylic acids is 1. The molecule has 1 fully saturated rings. The predicted molar refractivity (Wildman–Crippen MR) is 120 cm³/mol. The van der Waals surface area contributed by atoms with Gasteiger partial charge < -0.3 is 10.0 Å². The van der Waals surface area contributed by atoms with Gasteiger partial charge in [0.05, 0.1) is 23.7 Å². The summed E-state index contributed by atoms with van der Waals surface area (Å²) in [5, 5.41) is 11.1. The maximum absolute atomic E-state index is 12.7. The molecule has 160 valence electrons.